The maximum atomic E-state index is 13.1. The number of hydrogen-bond acceptors (Lipinski definition) is 6. The maximum Gasteiger partial charge on any atom is 0.410 e. The van der Waals surface area contributed by atoms with Crippen molar-refractivity contribution in [2.24, 2.45) is 0 Å². The summed E-state index contributed by atoms with van der Waals surface area (Å²) in [6.45, 7) is 7.41. The standard InChI is InChI=1S/C18H26F2N4O4/c1-11(25)22-17(5-7-24(8-6-17)15(26)27-16(2,3)4)14-21-13(23-28-14)12-9-18(19,20)10-12/h12H,5-10H2,1-4H3,(H,22,25). The van der Waals surface area contributed by atoms with Crippen LogP contribution in [0.4, 0.5) is 13.6 Å². The molecule has 10 heteroatoms. The Morgan fingerprint density at radius 2 is 1.86 bits per heavy atom. The number of alkyl halides is 2. The number of carbonyl (C=O) groups excluding carboxylic acids is 2. The molecule has 1 N–H and O–H groups in total. The van der Waals surface area contributed by atoms with E-state index in [0.29, 0.717) is 25.9 Å². The van der Waals surface area contributed by atoms with Gasteiger partial charge in [0.1, 0.15) is 11.1 Å². The van der Waals surface area contributed by atoms with E-state index in [2.05, 4.69) is 15.5 Å². The first-order chi connectivity index (χ1) is 12.9. The second-order valence-electron chi connectivity index (χ2n) is 8.65. The maximum absolute atomic E-state index is 13.1. The number of amides is 2. The summed E-state index contributed by atoms with van der Waals surface area (Å²) in [4.78, 5) is 29.9. The Balaban J connectivity index is 1.72. The molecule has 8 nitrogen and oxygen atoms in total. The lowest BCUT2D eigenvalue weighted by molar-refractivity contribution is -0.122. The van der Waals surface area contributed by atoms with Crippen molar-refractivity contribution in [1.82, 2.24) is 20.4 Å². The molecular weight excluding hydrogens is 374 g/mol. The quantitative estimate of drug-likeness (QED) is 0.838. The van der Waals surface area contributed by atoms with Crippen LogP contribution in [0.2, 0.25) is 0 Å². The van der Waals surface area contributed by atoms with Crippen molar-refractivity contribution >= 4 is 12.0 Å². The van der Waals surface area contributed by atoms with Gasteiger partial charge in [-0.1, -0.05) is 5.16 Å². The molecular formula is C18H26F2N4O4. The van der Waals surface area contributed by atoms with E-state index >= 15 is 0 Å². The second kappa shape index (κ2) is 6.97. The highest BCUT2D eigenvalue weighted by molar-refractivity contribution is 5.74. The van der Waals surface area contributed by atoms with Gasteiger partial charge >= 0.3 is 6.09 Å². The summed E-state index contributed by atoms with van der Waals surface area (Å²) in [7, 11) is 0. The predicted octanol–water partition coefficient (Wildman–Crippen LogP) is 2.94. The Morgan fingerprint density at radius 1 is 1.25 bits per heavy atom. The number of hydrogen-bond donors (Lipinski definition) is 1. The largest absolute Gasteiger partial charge is 0.444 e. The van der Waals surface area contributed by atoms with Gasteiger partial charge in [-0.15, -0.1) is 0 Å². The first-order valence-corrected chi connectivity index (χ1v) is 9.38. The zero-order valence-electron chi connectivity index (χ0n) is 16.6. The molecule has 0 atom stereocenters. The van der Waals surface area contributed by atoms with Crippen LogP contribution in [0.3, 0.4) is 0 Å². The van der Waals surface area contributed by atoms with Crippen LogP contribution in [0.1, 0.15) is 71.0 Å². The normalized spacial score (nSPS) is 21.7. The van der Waals surface area contributed by atoms with E-state index in [-0.39, 0.29) is 30.5 Å². The Hall–Kier alpha value is -2.26. The highest BCUT2D eigenvalue weighted by Gasteiger charge is 2.49. The topological polar surface area (TPSA) is 97.6 Å². The fourth-order valence-corrected chi connectivity index (χ4v) is 3.57. The average molecular weight is 400 g/mol. The number of aromatic nitrogens is 2. The van der Waals surface area contributed by atoms with Crippen molar-refractivity contribution in [3.63, 3.8) is 0 Å². The van der Waals surface area contributed by atoms with Crippen LogP contribution in [0.5, 0.6) is 0 Å². The molecule has 2 heterocycles. The Morgan fingerprint density at radius 3 is 2.36 bits per heavy atom. The van der Waals surface area contributed by atoms with Crippen molar-refractivity contribution in [2.75, 3.05) is 13.1 Å². The lowest BCUT2D eigenvalue weighted by Crippen LogP contribution is -2.54. The van der Waals surface area contributed by atoms with Gasteiger partial charge in [0.15, 0.2) is 5.82 Å². The van der Waals surface area contributed by atoms with Crippen LogP contribution in [-0.4, -0.2) is 51.7 Å². The number of ether oxygens (including phenoxy) is 1. The summed E-state index contributed by atoms with van der Waals surface area (Å²) >= 11 is 0. The van der Waals surface area contributed by atoms with Crippen LogP contribution in [0, 0.1) is 0 Å². The fourth-order valence-electron chi connectivity index (χ4n) is 3.57. The smallest absolute Gasteiger partial charge is 0.410 e. The second-order valence-corrected chi connectivity index (χ2v) is 8.65. The molecule has 2 amide bonds. The third-order valence-electron chi connectivity index (χ3n) is 4.99. The SMILES string of the molecule is CC(=O)NC1(c2nc(C3CC(F)(F)C3)no2)CCN(C(=O)OC(C)(C)C)CC1. The van der Waals surface area contributed by atoms with E-state index < -0.39 is 29.1 Å². The minimum absolute atomic E-state index is 0.191. The average Bonchev–Trinajstić information content (AvgIpc) is 3.01. The summed E-state index contributed by atoms with van der Waals surface area (Å²) in [5, 5.41) is 6.72. The first kappa shape index (κ1) is 20.5. The Bertz CT molecular complexity index is 743. The lowest BCUT2D eigenvalue weighted by Gasteiger charge is -2.39. The van der Waals surface area contributed by atoms with Crippen molar-refractivity contribution in [2.45, 2.75) is 76.4 Å². The molecule has 0 spiro atoms. The number of piperidine rings is 1. The molecule has 1 aromatic heterocycles. The van der Waals surface area contributed by atoms with Gasteiger partial charge in [0, 0.05) is 38.8 Å². The number of halogens is 2. The highest BCUT2D eigenvalue weighted by Crippen LogP contribution is 2.47. The first-order valence-electron chi connectivity index (χ1n) is 9.38. The molecule has 0 unspecified atom stereocenters. The summed E-state index contributed by atoms with van der Waals surface area (Å²) in [6.07, 6.45) is -0.313. The van der Waals surface area contributed by atoms with Gasteiger partial charge in [0.25, 0.3) is 5.89 Å². The molecule has 3 rings (SSSR count). The summed E-state index contributed by atoms with van der Waals surface area (Å²) in [5.41, 5.74) is -1.53. The molecule has 1 saturated heterocycles. The molecule has 2 aliphatic rings. The molecule has 0 radical (unpaired) electrons. The molecule has 1 aromatic rings. The number of rotatable bonds is 3. The predicted molar refractivity (Wildman–Crippen MR) is 93.8 cm³/mol. The van der Waals surface area contributed by atoms with Gasteiger partial charge in [-0.3, -0.25) is 4.79 Å². The molecule has 0 bridgehead atoms. The van der Waals surface area contributed by atoms with Gasteiger partial charge in [-0.2, -0.15) is 4.98 Å². The monoisotopic (exact) mass is 400 g/mol. The Labute approximate surface area is 162 Å². The minimum atomic E-state index is -2.68. The van der Waals surface area contributed by atoms with Crippen LogP contribution in [0.25, 0.3) is 0 Å². The molecule has 1 saturated carbocycles. The van der Waals surface area contributed by atoms with E-state index in [1.165, 1.54) is 6.92 Å². The van der Waals surface area contributed by atoms with Gasteiger partial charge in [-0.25, -0.2) is 13.6 Å². The van der Waals surface area contributed by atoms with Crippen LogP contribution in [0.15, 0.2) is 4.52 Å². The highest BCUT2D eigenvalue weighted by atomic mass is 19.3. The van der Waals surface area contributed by atoms with E-state index in [1.54, 1.807) is 25.7 Å². The number of likely N-dealkylation sites (tertiary alicyclic amines) is 1. The molecule has 1 aliphatic heterocycles. The zero-order chi connectivity index (χ0) is 20.7. The summed E-state index contributed by atoms with van der Waals surface area (Å²) in [6, 6.07) is 0. The van der Waals surface area contributed by atoms with Gasteiger partial charge < -0.3 is 19.5 Å². The number of nitrogens with zero attached hydrogens (tertiary/aromatic N) is 3. The van der Waals surface area contributed by atoms with Crippen LogP contribution >= 0.6 is 0 Å². The number of nitrogens with one attached hydrogen (secondary N) is 1. The number of carbonyl (C=O) groups is 2. The zero-order valence-corrected chi connectivity index (χ0v) is 16.6. The van der Waals surface area contributed by atoms with Gasteiger partial charge in [-0.05, 0) is 33.6 Å². The van der Waals surface area contributed by atoms with E-state index in [9.17, 15) is 18.4 Å². The van der Waals surface area contributed by atoms with Gasteiger partial charge in [0.2, 0.25) is 11.8 Å². The molecule has 2 fully saturated rings. The van der Waals surface area contributed by atoms with Gasteiger partial charge in [0.05, 0.1) is 0 Å². The van der Waals surface area contributed by atoms with Crippen molar-refractivity contribution in [3.05, 3.63) is 11.7 Å². The van der Waals surface area contributed by atoms with E-state index in [4.69, 9.17) is 9.26 Å². The molecule has 1 aliphatic carbocycles. The van der Waals surface area contributed by atoms with Crippen LogP contribution < -0.4 is 5.32 Å². The van der Waals surface area contributed by atoms with Crippen LogP contribution in [-0.2, 0) is 15.1 Å². The fraction of sp³-hybridized carbons (Fsp3) is 0.778. The van der Waals surface area contributed by atoms with E-state index in [0.717, 1.165) is 0 Å². The third-order valence-corrected chi connectivity index (χ3v) is 4.99. The minimum Gasteiger partial charge on any atom is -0.444 e. The molecule has 156 valence electrons. The van der Waals surface area contributed by atoms with E-state index in [1.807, 2.05) is 0 Å². The van der Waals surface area contributed by atoms with Crippen molar-refractivity contribution in [1.29, 1.82) is 0 Å². The van der Waals surface area contributed by atoms with Crippen molar-refractivity contribution in [3.8, 4) is 0 Å². The Kier molecular flexibility index (Phi) is 5.09. The summed E-state index contributed by atoms with van der Waals surface area (Å²) in [5.74, 6) is -2.97. The molecule has 28 heavy (non-hydrogen) atoms. The lowest BCUT2D eigenvalue weighted by atomic mass is 9.81. The molecule has 0 aromatic carbocycles. The third kappa shape index (κ3) is 4.41. The van der Waals surface area contributed by atoms with Crippen molar-refractivity contribution < 1.29 is 27.6 Å². The summed E-state index contributed by atoms with van der Waals surface area (Å²) < 4.78 is 37.0.